The molecule has 1 fully saturated rings. The molecule has 1 atom stereocenters. The second-order valence-electron chi connectivity index (χ2n) is 6.06. The molecule has 1 aliphatic rings. The van der Waals surface area contributed by atoms with E-state index in [1.54, 1.807) is 0 Å². The number of hydrogen-bond donors (Lipinski definition) is 1. The Morgan fingerprint density at radius 3 is 2.12 bits per heavy atom. The van der Waals surface area contributed by atoms with E-state index in [9.17, 15) is 0 Å². The Morgan fingerprint density at radius 1 is 1.12 bits per heavy atom. The number of ether oxygens (including phenoxy) is 1. The quantitative estimate of drug-likeness (QED) is 0.780. The fraction of sp³-hybridized carbons (Fsp3) is 1.00. The zero-order valence-corrected chi connectivity index (χ0v) is 11.5. The minimum absolute atomic E-state index is 0.0275. The molecular weight excluding hydrogens is 198 g/mol. The molecule has 0 amide bonds. The molecule has 2 N–H and O–H groups in total. The summed E-state index contributed by atoms with van der Waals surface area (Å²) in [7, 11) is 0. The topological polar surface area (TPSA) is 35.2 Å². The molecule has 0 radical (unpaired) electrons. The zero-order valence-electron chi connectivity index (χ0n) is 11.5. The Bertz CT molecular complexity index is 203. The fourth-order valence-corrected chi connectivity index (χ4v) is 2.83. The summed E-state index contributed by atoms with van der Waals surface area (Å²) in [5.41, 5.74) is 6.79. The van der Waals surface area contributed by atoms with Crippen LogP contribution in [0.5, 0.6) is 0 Å². The van der Waals surface area contributed by atoms with Crippen LogP contribution in [-0.4, -0.2) is 18.2 Å². The summed E-state index contributed by atoms with van der Waals surface area (Å²) in [5, 5.41) is 0. The molecule has 0 bridgehead atoms. The van der Waals surface area contributed by atoms with Crippen molar-refractivity contribution < 1.29 is 4.74 Å². The normalized spacial score (nSPS) is 25.3. The van der Waals surface area contributed by atoms with Gasteiger partial charge in [-0.15, -0.1) is 0 Å². The van der Waals surface area contributed by atoms with Crippen molar-refractivity contribution in [2.75, 3.05) is 6.61 Å². The summed E-state index contributed by atoms with van der Waals surface area (Å²) in [6.45, 7) is 9.78. The summed E-state index contributed by atoms with van der Waals surface area (Å²) in [4.78, 5) is 0. The van der Waals surface area contributed by atoms with Gasteiger partial charge < -0.3 is 10.5 Å². The average molecular weight is 227 g/mol. The Labute approximate surface area is 101 Å². The lowest BCUT2D eigenvalue weighted by molar-refractivity contribution is -0.100. The Morgan fingerprint density at radius 2 is 1.69 bits per heavy atom. The molecule has 2 nitrogen and oxygen atoms in total. The van der Waals surface area contributed by atoms with Gasteiger partial charge >= 0.3 is 0 Å². The minimum Gasteiger partial charge on any atom is -0.374 e. The van der Waals surface area contributed by atoms with Gasteiger partial charge in [0.25, 0.3) is 0 Å². The predicted molar refractivity (Wildman–Crippen MR) is 69.5 cm³/mol. The highest BCUT2D eigenvalue weighted by Crippen LogP contribution is 2.43. The van der Waals surface area contributed by atoms with Gasteiger partial charge in [-0.2, -0.15) is 0 Å². The van der Waals surface area contributed by atoms with Crippen LogP contribution < -0.4 is 5.73 Å². The first kappa shape index (κ1) is 14.0. The van der Waals surface area contributed by atoms with E-state index in [1.165, 1.54) is 12.8 Å². The molecule has 96 valence electrons. The molecule has 1 aliphatic carbocycles. The van der Waals surface area contributed by atoms with E-state index in [1.807, 2.05) is 0 Å². The lowest BCUT2D eigenvalue weighted by Gasteiger charge is -2.46. The summed E-state index contributed by atoms with van der Waals surface area (Å²) in [6.07, 6.45) is 6.98. The van der Waals surface area contributed by atoms with Gasteiger partial charge in [-0.3, -0.25) is 0 Å². The van der Waals surface area contributed by atoms with Crippen LogP contribution in [0.25, 0.3) is 0 Å². The highest BCUT2D eigenvalue weighted by Gasteiger charge is 2.42. The zero-order chi connectivity index (χ0) is 12.2. The number of rotatable bonds is 5. The van der Waals surface area contributed by atoms with Crippen LogP contribution in [0.1, 0.15) is 66.2 Å². The third kappa shape index (κ3) is 3.21. The molecule has 1 rings (SSSR count). The maximum atomic E-state index is 6.34. The SMILES string of the molecule is CCCC(N)C1(OCC)CCC(C)(C)CC1. The lowest BCUT2D eigenvalue weighted by atomic mass is 9.68. The second-order valence-corrected chi connectivity index (χ2v) is 6.06. The van der Waals surface area contributed by atoms with Crippen molar-refractivity contribution in [3.8, 4) is 0 Å². The van der Waals surface area contributed by atoms with Gasteiger partial charge in [0.15, 0.2) is 0 Å². The first-order valence-corrected chi connectivity index (χ1v) is 6.85. The summed E-state index contributed by atoms with van der Waals surface area (Å²) in [6, 6.07) is 0.216. The van der Waals surface area contributed by atoms with Crippen molar-refractivity contribution in [3.63, 3.8) is 0 Å². The molecule has 0 aromatic carbocycles. The molecule has 1 unspecified atom stereocenters. The molecule has 0 saturated heterocycles. The van der Waals surface area contributed by atoms with Crippen molar-refractivity contribution >= 4 is 0 Å². The van der Waals surface area contributed by atoms with E-state index < -0.39 is 0 Å². The summed E-state index contributed by atoms with van der Waals surface area (Å²) < 4.78 is 6.05. The number of nitrogens with two attached hydrogens (primary N) is 1. The van der Waals surface area contributed by atoms with Gasteiger partial charge in [-0.25, -0.2) is 0 Å². The molecule has 0 heterocycles. The van der Waals surface area contributed by atoms with E-state index in [0.29, 0.717) is 5.41 Å². The molecule has 1 saturated carbocycles. The highest BCUT2D eigenvalue weighted by molar-refractivity contribution is 4.97. The van der Waals surface area contributed by atoms with Crippen molar-refractivity contribution in [3.05, 3.63) is 0 Å². The third-order valence-corrected chi connectivity index (χ3v) is 4.16. The fourth-order valence-electron chi connectivity index (χ4n) is 2.83. The molecular formula is C14H29NO. The first-order valence-electron chi connectivity index (χ1n) is 6.85. The van der Waals surface area contributed by atoms with Crippen molar-refractivity contribution in [1.29, 1.82) is 0 Å². The highest BCUT2D eigenvalue weighted by atomic mass is 16.5. The standard InChI is InChI=1S/C14H29NO/c1-5-7-12(15)14(16-6-2)10-8-13(3,4)9-11-14/h12H,5-11,15H2,1-4H3. The summed E-state index contributed by atoms with van der Waals surface area (Å²) in [5.74, 6) is 0. The Balaban J connectivity index is 2.67. The molecule has 0 aliphatic heterocycles. The van der Waals surface area contributed by atoms with E-state index >= 15 is 0 Å². The maximum absolute atomic E-state index is 6.34. The molecule has 0 spiro atoms. The van der Waals surface area contributed by atoms with Crippen LogP contribution in [-0.2, 0) is 4.74 Å². The number of hydrogen-bond acceptors (Lipinski definition) is 2. The third-order valence-electron chi connectivity index (χ3n) is 4.16. The predicted octanol–water partition coefficient (Wildman–Crippen LogP) is 3.49. The van der Waals surface area contributed by atoms with Crippen LogP contribution in [0.4, 0.5) is 0 Å². The monoisotopic (exact) mass is 227 g/mol. The van der Waals surface area contributed by atoms with Crippen LogP contribution in [0.2, 0.25) is 0 Å². The molecule has 0 aromatic rings. The van der Waals surface area contributed by atoms with Crippen LogP contribution in [0.15, 0.2) is 0 Å². The van der Waals surface area contributed by atoms with E-state index in [0.717, 1.165) is 32.3 Å². The van der Waals surface area contributed by atoms with Gasteiger partial charge in [0.05, 0.1) is 5.60 Å². The van der Waals surface area contributed by atoms with Gasteiger partial charge in [0.2, 0.25) is 0 Å². The minimum atomic E-state index is -0.0275. The van der Waals surface area contributed by atoms with E-state index in [4.69, 9.17) is 10.5 Å². The second kappa shape index (κ2) is 5.50. The maximum Gasteiger partial charge on any atom is 0.0832 e. The average Bonchev–Trinajstić information content (AvgIpc) is 2.22. The van der Waals surface area contributed by atoms with Crippen molar-refractivity contribution in [2.45, 2.75) is 77.9 Å². The molecule has 2 heteroatoms. The van der Waals surface area contributed by atoms with Crippen LogP contribution in [0, 0.1) is 5.41 Å². The molecule has 0 aromatic heterocycles. The van der Waals surface area contributed by atoms with Crippen LogP contribution in [0.3, 0.4) is 0 Å². The van der Waals surface area contributed by atoms with Gasteiger partial charge in [-0.05, 0) is 44.4 Å². The van der Waals surface area contributed by atoms with Crippen molar-refractivity contribution in [1.82, 2.24) is 0 Å². The van der Waals surface area contributed by atoms with Gasteiger partial charge in [-0.1, -0.05) is 27.2 Å². The van der Waals surface area contributed by atoms with Crippen LogP contribution >= 0.6 is 0 Å². The first-order chi connectivity index (χ1) is 7.46. The molecule has 16 heavy (non-hydrogen) atoms. The van der Waals surface area contributed by atoms with E-state index in [2.05, 4.69) is 27.7 Å². The van der Waals surface area contributed by atoms with Gasteiger partial charge in [0.1, 0.15) is 0 Å². The Hall–Kier alpha value is -0.0800. The summed E-state index contributed by atoms with van der Waals surface area (Å²) >= 11 is 0. The largest absolute Gasteiger partial charge is 0.374 e. The van der Waals surface area contributed by atoms with E-state index in [-0.39, 0.29) is 11.6 Å². The Kier molecular flexibility index (Phi) is 4.81. The smallest absolute Gasteiger partial charge is 0.0832 e. The van der Waals surface area contributed by atoms with Gasteiger partial charge in [0, 0.05) is 12.6 Å². The van der Waals surface area contributed by atoms with Crippen molar-refractivity contribution in [2.24, 2.45) is 11.1 Å². The lowest BCUT2D eigenvalue weighted by Crippen LogP contribution is -2.53.